The van der Waals surface area contributed by atoms with E-state index in [1.165, 1.54) is 24.3 Å². The van der Waals surface area contributed by atoms with Crippen LogP contribution in [-0.2, 0) is 16.1 Å². The number of benzene rings is 3. The van der Waals surface area contributed by atoms with E-state index in [1.54, 1.807) is 47.2 Å². The lowest BCUT2D eigenvalue weighted by molar-refractivity contribution is -0.123. The summed E-state index contributed by atoms with van der Waals surface area (Å²) in [6.45, 7) is 0.0137. The van der Waals surface area contributed by atoms with E-state index in [9.17, 15) is 18.8 Å². The predicted octanol–water partition coefficient (Wildman–Crippen LogP) is 4.97. The second-order valence-corrected chi connectivity index (χ2v) is 9.78. The molecular weight excluding hydrogens is 511 g/mol. The third-order valence-electron chi connectivity index (χ3n) is 5.59. The van der Waals surface area contributed by atoms with Crippen LogP contribution in [0.3, 0.4) is 0 Å². The molecule has 4 aromatic rings. The minimum Gasteiger partial charge on any atom is -0.337 e. The zero-order chi connectivity index (χ0) is 25.9. The number of carbonyl (C=O) groups excluding carboxylic acids is 3. The summed E-state index contributed by atoms with van der Waals surface area (Å²) in [5.41, 5.74) is 4.99. The van der Waals surface area contributed by atoms with Crippen LogP contribution in [0.1, 0.15) is 15.9 Å². The molecule has 0 aliphatic carbocycles. The Balaban J connectivity index is 1.37. The second kappa shape index (κ2) is 10.4. The van der Waals surface area contributed by atoms with Crippen LogP contribution in [0.15, 0.2) is 90.0 Å². The van der Waals surface area contributed by atoms with Gasteiger partial charge in [-0.3, -0.25) is 19.8 Å². The van der Waals surface area contributed by atoms with Crippen LogP contribution in [0, 0.1) is 5.82 Å². The molecule has 1 aromatic heterocycles. The maximum atomic E-state index is 13.2. The van der Waals surface area contributed by atoms with Crippen LogP contribution in [-0.4, -0.2) is 31.6 Å². The molecule has 1 fully saturated rings. The number of hydrogen-bond donors (Lipinski definition) is 2. The first-order chi connectivity index (χ1) is 17.9. The summed E-state index contributed by atoms with van der Waals surface area (Å²) in [4.78, 5) is 38.6. The third-order valence-corrected chi connectivity index (χ3v) is 6.89. The first-order valence-electron chi connectivity index (χ1n) is 11.2. The lowest BCUT2D eigenvalue weighted by Crippen LogP contribution is -2.44. The van der Waals surface area contributed by atoms with Gasteiger partial charge in [0.1, 0.15) is 12.4 Å². The Hall–Kier alpha value is -4.28. The highest BCUT2D eigenvalue weighted by molar-refractivity contribution is 8.26. The quantitative estimate of drug-likeness (QED) is 0.272. The van der Waals surface area contributed by atoms with Gasteiger partial charge in [-0.1, -0.05) is 48.2 Å². The first-order valence-corrected chi connectivity index (χ1v) is 12.4. The van der Waals surface area contributed by atoms with E-state index >= 15 is 0 Å². The fourth-order valence-corrected chi connectivity index (χ4v) is 5.04. The second-order valence-electron chi connectivity index (χ2n) is 8.11. The van der Waals surface area contributed by atoms with Gasteiger partial charge in [0.25, 0.3) is 11.8 Å². The Morgan fingerprint density at radius 2 is 1.68 bits per heavy atom. The number of amides is 3. The number of hydrogen-bond acceptors (Lipinski definition) is 5. The molecular formula is C27H19FN4O3S2. The number of nitrogens with zero attached hydrogens (tertiary/aromatic N) is 2. The Kier molecular flexibility index (Phi) is 6.85. The molecule has 37 heavy (non-hydrogen) atoms. The van der Waals surface area contributed by atoms with Gasteiger partial charge in [-0.25, -0.2) is 4.39 Å². The zero-order valence-corrected chi connectivity index (χ0v) is 20.8. The number of thiocarbonyl (C=S) groups is 1. The number of halogens is 1. The van der Waals surface area contributed by atoms with Crippen molar-refractivity contribution < 1.29 is 18.8 Å². The summed E-state index contributed by atoms with van der Waals surface area (Å²) >= 11 is 6.42. The third kappa shape index (κ3) is 5.30. The van der Waals surface area contributed by atoms with Gasteiger partial charge in [-0.2, -0.15) is 5.01 Å². The molecule has 0 radical (unpaired) electrons. The van der Waals surface area contributed by atoms with E-state index in [0.717, 1.165) is 33.2 Å². The van der Waals surface area contributed by atoms with E-state index in [4.69, 9.17) is 12.2 Å². The maximum absolute atomic E-state index is 13.2. The molecule has 3 aromatic carbocycles. The van der Waals surface area contributed by atoms with Gasteiger partial charge in [0.15, 0.2) is 4.32 Å². The van der Waals surface area contributed by atoms with Crippen molar-refractivity contribution in [1.82, 2.24) is 15.0 Å². The van der Waals surface area contributed by atoms with E-state index in [1.807, 2.05) is 24.3 Å². The highest BCUT2D eigenvalue weighted by Crippen LogP contribution is 2.33. The number of carbonyl (C=O) groups is 3. The predicted molar refractivity (Wildman–Crippen MR) is 146 cm³/mol. The average molecular weight is 531 g/mol. The lowest BCUT2D eigenvalue weighted by atomic mass is 10.1. The minimum absolute atomic E-state index is 0.0137. The van der Waals surface area contributed by atoms with E-state index < -0.39 is 11.8 Å². The monoisotopic (exact) mass is 530 g/mol. The summed E-state index contributed by atoms with van der Waals surface area (Å²) < 4.78 is 15.1. The highest BCUT2D eigenvalue weighted by atomic mass is 32.2. The fraction of sp³-hybridized carbons (Fsp3) is 0.0370. The van der Waals surface area contributed by atoms with Crippen molar-refractivity contribution in [3.05, 3.63) is 107 Å². The molecule has 1 aliphatic heterocycles. The van der Waals surface area contributed by atoms with Crippen molar-refractivity contribution in [1.29, 1.82) is 0 Å². The Morgan fingerprint density at radius 3 is 2.43 bits per heavy atom. The molecule has 2 N–H and O–H groups in total. The van der Waals surface area contributed by atoms with E-state index in [-0.39, 0.29) is 22.6 Å². The molecule has 0 saturated carbocycles. The summed E-state index contributed by atoms with van der Waals surface area (Å²) in [5.74, 6) is -1.55. The Bertz CT molecular complexity index is 1570. The van der Waals surface area contributed by atoms with Gasteiger partial charge in [-0.05, 0) is 60.8 Å². The Labute approximate surface area is 220 Å². The molecule has 0 atom stereocenters. The normalized spacial score (nSPS) is 14.4. The van der Waals surface area contributed by atoms with Gasteiger partial charge in [0, 0.05) is 33.9 Å². The first kappa shape index (κ1) is 24.4. The van der Waals surface area contributed by atoms with E-state index in [0.29, 0.717) is 16.2 Å². The van der Waals surface area contributed by atoms with Crippen LogP contribution in [0.25, 0.3) is 17.0 Å². The fourth-order valence-electron chi connectivity index (χ4n) is 3.87. The molecule has 1 saturated heterocycles. The molecule has 1 aliphatic rings. The molecule has 7 nitrogen and oxygen atoms in total. The standard InChI is InChI=1S/C27H19FN4O3S2/c28-19-10-12-20(13-11-19)29-24(33)16-31-15-18(21-8-4-5-9-22(21)31)14-23-26(35)32(27(36)37-23)30-25(34)17-6-2-1-3-7-17/h1-15H,16H2,(H,29,33)(H,30,34)/b23-14-. The molecule has 0 bridgehead atoms. The number of para-hydroxylation sites is 1. The van der Waals surface area contributed by atoms with Crippen molar-refractivity contribution in [3.63, 3.8) is 0 Å². The minimum atomic E-state index is -0.443. The van der Waals surface area contributed by atoms with Gasteiger partial charge in [0.2, 0.25) is 5.91 Å². The highest BCUT2D eigenvalue weighted by Gasteiger charge is 2.34. The van der Waals surface area contributed by atoms with Crippen LogP contribution in [0.4, 0.5) is 10.1 Å². The number of rotatable bonds is 6. The molecule has 5 rings (SSSR count). The smallest absolute Gasteiger partial charge is 0.285 e. The maximum Gasteiger partial charge on any atom is 0.285 e. The van der Waals surface area contributed by atoms with Crippen LogP contribution in [0.5, 0.6) is 0 Å². The van der Waals surface area contributed by atoms with E-state index in [2.05, 4.69) is 10.7 Å². The van der Waals surface area contributed by atoms with Crippen molar-refractivity contribution in [3.8, 4) is 0 Å². The largest absolute Gasteiger partial charge is 0.337 e. The summed E-state index contributed by atoms with van der Waals surface area (Å²) in [6.07, 6.45) is 3.48. The van der Waals surface area contributed by atoms with Crippen molar-refractivity contribution in [2.45, 2.75) is 6.54 Å². The SMILES string of the molecule is O=C(Cn1cc(/C=C2\SC(=S)N(NC(=O)c3ccccc3)C2=O)c2ccccc21)Nc1ccc(F)cc1. The van der Waals surface area contributed by atoms with Crippen LogP contribution in [0.2, 0.25) is 0 Å². The number of thioether (sulfide) groups is 1. The van der Waals surface area contributed by atoms with Gasteiger partial charge < -0.3 is 9.88 Å². The van der Waals surface area contributed by atoms with Gasteiger partial charge in [-0.15, -0.1) is 0 Å². The summed E-state index contributed by atoms with van der Waals surface area (Å²) in [7, 11) is 0. The number of fused-ring (bicyclic) bond motifs is 1. The van der Waals surface area contributed by atoms with Gasteiger partial charge >= 0.3 is 0 Å². The number of aromatic nitrogens is 1. The number of hydrazine groups is 1. The molecule has 0 spiro atoms. The average Bonchev–Trinajstić information content (AvgIpc) is 3.37. The van der Waals surface area contributed by atoms with Crippen LogP contribution >= 0.6 is 24.0 Å². The topological polar surface area (TPSA) is 83.4 Å². The lowest BCUT2D eigenvalue weighted by Gasteiger charge is -2.15. The van der Waals surface area contributed by atoms with Crippen LogP contribution < -0.4 is 10.7 Å². The van der Waals surface area contributed by atoms with Gasteiger partial charge in [0.05, 0.1) is 4.91 Å². The van der Waals surface area contributed by atoms with Crippen molar-refractivity contribution in [2.75, 3.05) is 5.32 Å². The number of nitrogens with one attached hydrogen (secondary N) is 2. The molecule has 0 unspecified atom stereocenters. The zero-order valence-electron chi connectivity index (χ0n) is 19.2. The summed E-state index contributed by atoms with van der Waals surface area (Å²) in [5, 5.41) is 4.66. The molecule has 184 valence electrons. The van der Waals surface area contributed by atoms with Crippen molar-refractivity contribution in [2.24, 2.45) is 0 Å². The molecule has 2 heterocycles. The molecule has 3 amide bonds. The molecule has 10 heteroatoms. The summed E-state index contributed by atoms with van der Waals surface area (Å²) in [6, 6.07) is 21.6. The Morgan fingerprint density at radius 1 is 0.973 bits per heavy atom. The van der Waals surface area contributed by atoms with Crippen molar-refractivity contribution >= 4 is 68.7 Å². The number of anilines is 1.